The summed E-state index contributed by atoms with van der Waals surface area (Å²) in [5, 5.41) is 7.39. The van der Waals surface area contributed by atoms with Crippen LogP contribution < -0.4 is 5.32 Å². The minimum atomic E-state index is -0.931. The first-order chi connectivity index (χ1) is 14.5. The number of thiophene rings is 2. The molecule has 0 aromatic carbocycles. The molecule has 5 rings (SSSR count). The lowest BCUT2D eigenvalue weighted by atomic mass is 9.85. The molecule has 3 aromatic rings. The highest BCUT2D eigenvalue weighted by molar-refractivity contribution is 7.17. The molecule has 7 heteroatoms. The second-order valence-electron chi connectivity index (χ2n) is 8.87. The molecule has 30 heavy (non-hydrogen) atoms. The van der Waals surface area contributed by atoms with Crippen LogP contribution in [0.5, 0.6) is 0 Å². The zero-order valence-electron chi connectivity index (χ0n) is 17.4. The fourth-order valence-corrected chi connectivity index (χ4v) is 6.45. The quantitative estimate of drug-likeness (QED) is 0.628. The molecular formula is C23H27N3O2S2. The Bertz CT molecular complexity index is 1080. The van der Waals surface area contributed by atoms with E-state index < -0.39 is 5.54 Å². The summed E-state index contributed by atoms with van der Waals surface area (Å²) >= 11 is 3.26. The molecule has 1 fully saturated rings. The third-order valence-corrected chi connectivity index (χ3v) is 8.57. The van der Waals surface area contributed by atoms with Crippen LogP contribution in [-0.4, -0.2) is 32.9 Å². The van der Waals surface area contributed by atoms with Gasteiger partial charge in [-0.3, -0.25) is 9.59 Å². The summed E-state index contributed by atoms with van der Waals surface area (Å²) in [4.78, 5) is 30.2. The number of nitrogens with zero attached hydrogens (tertiary/aromatic N) is 2. The molecule has 158 valence electrons. The van der Waals surface area contributed by atoms with Crippen molar-refractivity contribution in [1.82, 2.24) is 14.8 Å². The number of hydrogen-bond donors (Lipinski definition) is 1. The number of aromatic nitrogens is 1. The van der Waals surface area contributed by atoms with Gasteiger partial charge in [0, 0.05) is 10.9 Å². The fourth-order valence-electron chi connectivity index (χ4n) is 4.93. The number of nitrogens with one attached hydrogen (secondary N) is 1. The zero-order chi connectivity index (χ0) is 20.9. The van der Waals surface area contributed by atoms with E-state index in [0.29, 0.717) is 24.7 Å². The Morgan fingerprint density at radius 2 is 2.07 bits per heavy atom. The van der Waals surface area contributed by atoms with Gasteiger partial charge in [-0.15, -0.1) is 22.7 Å². The monoisotopic (exact) mass is 441 g/mol. The topological polar surface area (TPSA) is 54.3 Å². The molecule has 2 aliphatic rings. The van der Waals surface area contributed by atoms with E-state index in [1.165, 1.54) is 6.42 Å². The van der Waals surface area contributed by atoms with Gasteiger partial charge in [0.25, 0.3) is 5.91 Å². The van der Waals surface area contributed by atoms with Gasteiger partial charge >= 0.3 is 0 Å². The molecule has 1 aliphatic carbocycles. The Hall–Kier alpha value is -2.12. The van der Waals surface area contributed by atoms with Crippen molar-refractivity contribution in [3.8, 4) is 0 Å². The molecule has 1 saturated carbocycles. The molecule has 4 heterocycles. The first kappa shape index (κ1) is 19.8. The summed E-state index contributed by atoms with van der Waals surface area (Å²) in [6, 6.07) is 8.24. The SMILES string of the molecule is C[C@@H]1CCCC[C@@H]1NC(=O)[C@@]1(C)Cn2c(cc3sccc32)C(=O)N1Cc1cccs1. The lowest BCUT2D eigenvalue weighted by molar-refractivity contribution is -0.134. The summed E-state index contributed by atoms with van der Waals surface area (Å²) in [6.45, 7) is 5.09. The summed E-state index contributed by atoms with van der Waals surface area (Å²) < 4.78 is 3.14. The van der Waals surface area contributed by atoms with Gasteiger partial charge in [0.1, 0.15) is 11.2 Å². The summed E-state index contributed by atoms with van der Waals surface area (Å²) in [6.07, 6.45) is 4.56. The number of rotatable bonds is 4. The molecule has 5 nitrogen and oxygen atoms in total. The van der Waals surface area contributed by atoms with Gasteiger partial charge < -0.3 is 14.8 Å². The van der Waals surface area contributed by atoms with Crippen molar-refractivity contribution in [3.63, 3.8) is 0 Å². The second-order valence-corrected chi connectivity index (χ2v) is 10.9. The molecule has 3 atom stereocenters. The highest BCUT2D eigenvalue weighted by Gasteiger charge is 2.48. The average Bonchev–Trinajstić information content (AvgIpc) is 3.45. The van der Waals surface area contributed by atoms with Crippen molar-refractivity contribution < 1.29 is 9.59 Å². The maximum atomic E-state index is 13.7. The van der Waals surface area contributed by atoms with Crippen molar-refractivity contribution >= 4 is 44.7 Å². The molecular weight excluding hydrogens is 414 g/mol. The number of amides is 2. The van der Waals surface area contributed by atoms with Crippen LogP contribution in [0.3, 0.4) is 0 Å². The van der Waals surface area contributed by atoms with E-state index in [1.807, 2.05) is 46.5 Å². The van der Waals surface area contributed by atoms with Crippen LogP contribution in [0.25, 0.3) is 10.2 Å². The Kier molecular flexibility index (Phi) is 4.98. The lowest BCUT2D eigenvalue weighted by Gasteiger charge is -2.45. The van der Waals surface area contributed by atoms with Crippen molar-refractivity contribution in [2.75, 3.05) is 0 Å². The van der Waals surface area contributed by atoms with Crippen LogP contribution in [0.15, 0.2) is 35.0 Å². The van der Waals surface area contributed by atoms with Crippen molar-refractivity contribution in [1.29, 1.82) is 0 Å². The lowest BCUT2D eigenvalue weighted by Crippen LogP contribution is -2.65. The molecule has 0 bridgehead atoms. The van der Waals surface area contributed by atoms with Crippen LogP contribution >= 0.6 is 22.7 Å². The van der Waals surface area contributed by atoms with Gasteiger partial charge in [-0.05, 0) is 54.6 Å². The number of carbonyl (C=O) groups excluding carboxylic acids is 2. The predicted molar refractivity (Wildman–Crippen MR) is 122 cm³/mol. The van der Waals surface area contributed by atoms with Gasteiger partial charge in [0.2, 0.25) is 5.91 Å². The minimum Gasteiger partial charge on any atom is -0.351 e. The summed E-state index contributed by atoms with van der Waals surface area (Å²) in [5.74, 6) is 0.378. The Balaban J connectivity index is 1.53. The van der Waals surface area contributed by atoms with Crippen LogP contribution in [0.2, 0.25) is 0 Å². The van der Waals surface area contributed by atoms with Crippen LogP contribution in [0, 0.1) is 5.92 Å². The molecule has 0 spiro atoms. The van der Waals surface area contributed by atoms with Gasteiger partial charge in [0.05, 0.1) is 23.3 Å². The standard InChI is InChI=1S/C23H27N3O2S2/c1-15-6-3-4-8-17(15)24-22(28)23(2)14-25-18-9-11-30-20(18)12-19(25)21(27)26(23)13-16-7-5-10-29-16/h5,7,9-12,15,17H,3-4,6,8,13-14H2,1-2H3,(H,24,28)/t15-,17+,23-/m1/s1. The Morgan fingerprint density at radius 1 is 1.23 bits per heavy atom. The van der Waals surface area contributed by atoms with Crippen molar-refractivity contribution in [3.05, 3.63) is 45.6 Å². The van der Waals surface area contributed by atoms with Gasteiger partial charge in [-0.2, -0.15) is 0 Å². The van der Waals surface area contributed by atoms with Gasteiger partial charge in [-0.1, -0.05) is 25.8 Å². The third-order valence-electron chi connectivity index (χ3n) is 6.86. The second kappa shape index (κ2) is 7.54. The largest absolute Gasteiger partial charge is 0.351 e. The first-order valence-electron chi connectivity index (χ1n) is 10.7. The van der Waals surface area contributed by atoms with E-state index in [-0.39, 0.29) is 17.9 Å². The normalized spacial score (nSPS) is 26.7. The van der Waals surface area contributed by atoms with Gasteiger partial charge in [-0.25, -0.2) is 0 Å². The molecule has 3 aromatic heterocycles. The van der Waals surface area contributed by atoms with E-state index in [0.717, 1.165) is 34.4 Å². The molecule has 0 unspecified atom stereocenters. The van der Waals surface area contributed by atoms with E-state index in [2.05, 4.69) is 12.2 Å². The van der Waals surface area contributed by atoms with Crippen LogP contribution in [0.1, 0.15) is 54.9 Å². The van der Waals surface area contributed by atoms with Crippen LogP contribution in [0.4, 0.5) is 0 Å². The van der Waals surface area contributed by atoms with E-state index >= 15 is 0 Å². The molecule has 2 amide bonds. The molecule has 1 N–H and O–H groups in total. The minimum absolute atomic E-state index is 0.0334. The van der Waals surface area contributed by atoms with Gasteiger partial charge in [0.15, 0.2) is 0 Å². The summed E-state index contributed by atoms with van der Waals surface area (Å²) in [7, 11) is 0. The number of carbonyl (C=O) groups is 2. The van der Waals surface area contributed by atoms with E-state index in [1.54, 1.807) is 27.6 Å². The number of fused-ring (bicyclic) bond motifs is 3. The fraction of sp³-hybridized carbons (Fsp3) is 0.478. The first-order valence-corrected chi connectivity index (χ1v) is 12.5. The maximum Gasteiger partial charge on any atom is 0.271 e. The molecule has 1 aliphatic heterocycles. The predicted octanol–water partition coefficient (Wildman–Crippen LogP) is 4.87. The summed E-state index contributed by atoms with van der Waals surface area (Å²) in [5.41, 5.74) is 0.799. The smallest absolute Gasteiger partial charge is 0.271 e. The average molecular weight is 442 g/mol. The molecule has 0 radical (unpaired) electrons. The Morgan fingerprint density at radius 3 is 2.83 bits per heavy atom. The highest BCUT2D eigenvalue weighted by Crippen LogP contribution is 2.36. The maximum absolute atomic E-state index is 13.7. The Labute approximate surface area is 184 Å². The van der Waals surface area contributed by atoms with Crippen molar-refractivity contribution in [2.45, 2.75) is 64.2 Å². The molecule has 0 saturated heterocycles. The van der Waals surface area contributed by atoms with E-state index in [4.69, 9.17) is 0 Å². The van der Waals surface area contributed by atoms with Crippen LogP contribution in [-0.2, 0) is 17.9 Å². The van der Waals surface area contributed by atoms with Crippen molar-refractivity contribution in [2.24, 2.45) is 5.92 Å². The third kappa shape index (κ3) is 3.19. The van der Waals surface area contributed by atoms with E-state index in [9.17, 15) is 9.59 Å². The highest BCUT2D eigenvalue weighted by atomic mass is 32.1. The number of hydrogen-bond acceptors (Lipinski definition) is 4. The zero-order valence-corrected chi connectivity index (χ0v) is 19.0.